The minimum absolute atomic E-state index is 0.00323. The number of carboxylic acid groups (broad SMARTS) is 1. The van der Waals surface area contributed by atoms with E-state index in [-0.39, 0.29) is 25.4 Å². The highest BCUT2D eigenvalue weighted by Gasteiger charge is 2.38. The lowest BCUT2D eigenvalue weighted by molar-refractivity contribution is -0.159. The summed E-state index contributed by atoms with van der Waals surface area (Å²) >= 11 is 0. The van der Waals surface area contributed by atoms with Gasteiger partial charge in [-0.25, -0.2) is 9.59 Å². The zero-order valence-corrected chi connectivity index (χ0v) is 20.4. The van der Waals surface area contributed by atoms with Gasteiger partial charge in [-0.2, -0.15) is 0 Å². The second kappa shape index (κ2) is 10.8. The Morgan fingerprint density at radius 1 is 0.944 bits per heavy atom. The Morgan fingerprint density at radius 3 is 2.03 bits per heavy atom. The molecule has 2 aromatic rings. The summed E-state index contributed by atoms with van der Waals surface area (Å²) in [5.41, 5.74) is 9.03. The van der Waals surface area contributed by atoms with Gasteiger partial charge >= 0.3 is 24.0 Å². The normalized spacial score (nSPS) is 14.1. The Balaban J connectivity index is 1.51. The Morgan fingerprint density at radius 2 is 1.50 bits per heavy atom. The molecule has 36 heavy (non-hydrogen) atoms. The van der Waals surface area contributed by atoms with Crippen LogP contribution in [0, 0.1) is 0 Å². The van der Waals surface area contributed by atoms with Crippen molar-refractivity contribution >= 4 is 24.0 Å². The Labute approximate surface area is 208 Å². The second-order valence-corrected chi connectivity index (χ2v) is 9.63. The summed E-state index contributed by atoms with van der Waals surface area (Å²) < 4.78 is 10.4. The number of rotatable bonds is 8. The number of ether oxygens (including phenoxy) is 2. The van der Waals surface area contributed by atoms with E-state index in [1.54, 1.807) is 20.8 Å². The summed E-state index contributed by atoms with van der Waals surface area (Å²) in [5.74, 6) is -3.43. The molecule has 2 aromatic carbocycles. The standard InChI is InChI=1S/C26H30N2O8/c1-25(2,3)35-21(29)12-13-26(27,23(31)32)14-22(30)36-28-24(33)34-15-20-18-10-6-4-8-16(18)17-9-5-7-11-19(17)20/h4-11,20H,12-15,27H2,1-3H3,(H,28,33)(H,31,32)/t26-/m0/s1. The number of carbonyl (C=O) groups is 4. The van der Waals surface area contributed by atoms with Crippen molar-refractivity contribution in [3.05, 3.63) is 59.7 Å². The van der Waals surface area contributed by atoms with Gasteiger partial charge in [0, 0.05) is 12.3 Å². The first-order valence-electron chi connectivity index (χ1n) is 11.4. The topological polar surface area (TPSA) is 154 Å². The van der Waals surface area contributed by atoms with Crippen molar-refractivity contribution in [3.63, 3.8) is 0 Å². The molecule has 0 saturated carbocycles. The first kappa shape index (κ1) is 26.7. The second-order valence-electron chi connectivity index (χ2n) is 9.63. The van der Waals surface area contributed by atoms with E-state index >= 15 is 0 Å². The van der Waals surface area contributed by atoms with Crippen LogP contribution in [0.15, 0.2) is 48.5 Å². The smallest absolute Gasteiger partial charge is 0.440 e. The molecular formula is C26H30N2O8. The van der Waals surface area contributed by atoms with E-state index in [0.717, 1.165) is 22.3 Å². The van der Waals surface area contributed by atoms with Gasteiger partial charge in [-0.15, -0.1) is 5.48 Å². The molecule has 0 bridgehead atoms. The van der Waals surface area contributed by atoms with Gasteiger partial charge in [0.05, 0.1) is 6.42 Å². The van der Waals surface area contributed by atoms with Crippen molar-refractivity contribution in [3.8, 4) is 11.1 Å². The SMILES string of the molecule is CC(C)(C)OC(=O)CC[C@](N)(CC(=O)ONC(=O)OCC1c2ccccc2-c2ccccc21)C(=O)O. The summed E-state index contributed by atoms with van der Waals surface area (Å²) in [7, 11) is 0. The van der Waals surface area contributed by atoms with Crippen LogP contribution in [-0.4, -0.2) is 46.9 Å². The maximum atomic E-state index is 12.2. The fourth-order valence-electron chi connectivity index (χ4n) is 4.01. The highest BCUT2D eigenvalue weighted by molar-refractivity contribution is 5.86. The number of nitrogens with one attached hydrogen (secondary N) is 1. The molecule has 10 nitrogen and oxygen atoms in total. The van der Waals surface area contributed by atoms with Crippen LogP contribution in [0.25, 0.3) is 11.1 Å². The van der Waals surface area contributed by atoms with E-state index in [1.165, 1.54) is 0 Å². The quantitative estimate of drug-likeness (QED) is 0.282. The van der Waals surface area contributed by atoms with Gasteiger partial charge < -0.3 is 25.2 Å². The monoisotopic (exact) mass is 498 g/mol. The summed E-state index contributed by atoms with van der Waals surface area (Å²) in [6.45, 7) is 5.02. The molecule has 0 unspecified atom stereocenters. The highest BCUT2D eigenvalue weighted by atomic mass is 16.7. The van der Waals surface area contributed by atoms with Gasteiger partial charge in [0.25, 0.3) is 0 Å². The Hall–Kier alpha value is -3.92. The van der Waals surface area contributed by atoms with Crippen LogP contribution in [-0.2, 0) is 28.7 Å². The van der Waals surface area contributed by atoms with Crippen LogP contribution in [0.1, 0.15) is 57.1 Å². The lowest BCUT2D eigenvalue weighted by Gasteiger charge is -2.24. The molecule has 0 aromatic heterocycles. The number of esters is 1. The van der Waals surface area contributed by atoms with Gasteiger partial charge in [-0.3, -0.25) is 9.59 Å². The van der Waals surface area contributed by atoms with Crippen molar-refractivity contribution in [1.82, 2.24) is 5.48 Å². The van der Waals surface area contributed by atoms with Crippen LogP contribution >= 0.6 is 0 Å². The summed E-state index contributed by atoms with van der Waals surface area (Å²) in [6, 6.07) is 15.6. The van der Waals surface area contributed by atoms with E-state index in [2.05, 4.69) is 4.84 Å². The molecule has 1 aliphatic rings. The number of hydroxylamine groups is 1. The highest BCUT2D eigenvalue weighted by Crippen LogP contribution is 2.44. The third-order valence-electron chi connectivity index (χ3n) is 5.67. The van der Waals surface area contributed by atoms with E-state index < -0.39 is 41.6 Å². The number of aliphatic carboxylic acids is 1. The van der Waals surface area contributed by atoms with Crippen molar-refractivity contribution in [1.29, 1.82) is 0 Å². The fourth-order valence-corrected chi connectivity index (χ4v) is 4.01. The average Bonchev–Trinajstić information content (AvgIpc) is 3.13. The molecule has 0 radical (unpaired) electrons. The molecule has 0 spiro atoms. The molecule has 3 rings (SSSR count). The number of carbonyl (C=O) groups excluding carboxylic acids is 3. The van der Waals surface area contributed by atoms with E-state index in [0.29, 0.717) is 0 Å². The first-order chi connectivity index (χ1) is 16.9. The molecule has 0 aliphatic heterocycles. The summed E-state index contributed by atoms with van der Waals surface area (Å²) in [4.78, 5) is 52.6. The molecule has 192 valence electrons. The summed E-state index contributed by atoms with van der Waals surface area (Å²) in [6.07, 6.45) is -2.48. The number of hydrogen-bond acceptors (Lipinski definition) is 8. The van der Waals surface area contributed by atoms with Crippen LogP contribution in [0.4, 0.5) is 4.79 Å². The number of hydrogen-bond donors (Lipinski definition) is 3. The molecule has 0 heterocycles. The number of amides is 1. The number of nitrogens with two attached hydrogens (primary N) is 1. The Kier molecular flexibility index (Phi) is 7.99. The number of fused-ring (bicyclic) bond motifs is 3. The Bertz CT molecular complexity index is 1110. The first-order valence-corrected chi connectivity index (χ1v) is 11.4. The van der Waals surface area contributed by atoms with Crippen LogP contribution in [0.3, 0.4) is 0 Å². The minimum Gasteiger partial charge on any atom is -0.480 e. The van der Waals surface area contributed by atoms with Gasteiger partial charge in [-0.05, 0) is 49.4 Å². The molecule has 1 atom stereocenters. The lowest BCUT2D eigenvalue weighted by Crippen LogP contribution is -2.50. The van der Waals surface area contributed by atoms with Gasteiger partial charge in [-0.1, -0.05) is 48.5 Å². The van der Waals surface area contributed by atoms with Gasteiger partial charge in [0.2, 0.25) is 0 Å². The van der Waals surface area contributed by atoms with E-state index in [9.17, 15) is 24.3 Å². The number of benzene rings is 2. The zero-order chi connectivity index (χ0) is 26.5. The molecule has 0 fully saturated rings. The molecule has 1 aliphatic carbocycles. The third-order valence-corrected chi connectivity index (χ3v) is 5.67. The lowest BCUT2D eigenvalue weighted by atomic mass is 9.91. The van der Waals surface area contributed by atoms with Crippen LogP contribution in [0.5, 0.6) is 0 Å². The molecule has 1 amide bonds. The largest absolute Gasteiger partial charge is 0.480 e. The van der Waals surface area contributed by atoms with Crippen molar-refractivity contribution in [2.75, 3.05) is 6.61 Å². The van der Waals surface area contributed by atoms with Crippen molar-refractivity contribution in [2.45, 2.75) is 57.1 Å². The molecule has 10 heteroatoms. The average molecular weight is 499 g/mol. The predicted molar refractivity (Wildman–Crippen MR) is 129 cm³/mol. The molecular weight excluding hydrogens is 468 g/mol. The minimum atomic E-state index is -2.09. The fraction of sp³-hybridized carbons (Fsp3) is 0.385. The predicted octanol–water partition coefficient (Wildman–Crippen LogP) is 3.28. The van der Waals surface area contributed by atoms with Crippen molar-refractivity contribution < 1.29 is 38.6 Å². The number of carboxylic acids is 1. The molecule has 0 saturated heterocycles. The zero-order valence-electron chi connectivity index (χ0n) is 20.4. The van der Waals surface area contributed by atoms with Crippen molar-refractivity contribution in [2.24, 2.45) is 5.73 Å². The van der Waals surface area contributed by atoms with Crippen LogP contribution < -0.4 is 11.2 Å². The summed E-state index contributed by atoms with van der Waals surface area (Å²) in [5, 5.41) is 9.47. The maximum absolute atomic E-state index is 12.2. The third kappa shape index (κ3) is 6.60. The maximum Gasteiger partial charge on any atom is 0.440 e. The van der Waals surface area contributed by atoms with E-state index in [4.69, 9.17) is 15.2 Å². The molecule has 4 N–H and O–H groups in total. The van der Waals surface area contributed by atoms with Gasteiger partial charge in [0.1, 0.15) is 17.7 Å². The van der Waals surface area contributed by atoms with Gasteiger partial charge in [0.15, 0.2) is 0 Å². The van der Waals surface area contributed by atoms with E-state index in [1.807, 2.05) is 54.0 Å². The van der Waals surface area contributed by atoms with Crippen LogP contribution in [0.2, 0.25) is 0 Å².